The molecule has 0 atom stereocenters. The van der Waals surface area contributed by atoms with Gasteiger partial charge in [0.2, 0.25) is 5.95 Å². The van der Waals surface area contributed by atoms with E-state index in [4.69, 9.17) is 0 Å². The number of aromatic nitrogens is 3. The first kappa shape index (κ1) is 16.2. The Labute approximate surface area is 132 Å². The summed E-state index contributed by atoms with van der Waals surface area (Å²) in [6, 6.07) is 8.34. The molecule has 1 aromatic heterocycles. The number of aryl methyl sites for hydroxylation is 1. The molecule has 2 rings (SSSR count). The highest BCUT2D eigenvalue weighted by Gasteiger charge is 2.09. The minimum atomic E-state index is 0.707. The van der Waals surface area contributed by atoms with Gasteiger partial charge >= 0.3 is 0 Å². The zero-order valence-corrected chi connectivity index (χ0v) is 13.7. The summed E-state index contributed by atoms with van der Waals surface area (Å²) >= 11 is 0. The van der Waals surface area contributed by atoms with Crippen LogP contribution in [0.5, 0.6) is 0 Å². The van der Waals surface area contributed by atoms with E-state index in [-0.39, 0.29) is 0 Å². The van der Waals surface area contributed by atoms with Crippen LogP contribution in [0.25, 0.3) is 0 Å². The molecule has 0 amide bonds. The Morgan fingerprint density at radius 3 is 2.50 bits per heavy atom. The minimum Gasteiger partial charge on any atom is -0.365 e. The Hall–Kier alpha value is -2.17. The first-order valence-electron chi connectivity index (χ1n) is 7.97. The van der Waals surface area contributed by atoms with Crippen LogP contribution in [0.2, 0.25) is 0 Å². The number of rotatable bonds is 8. The number of hydrogen-bond acceptors (Lipinski definition) is 5. The van der Waals surface area contributed by atoms with Crippen LogP contribution in [0.15, 0.2) is 30.5 Å². The average Bonchev–Trinajstić information content (AvgIpc) is 2.54. The summed E-state index contributed by atoms with van der Waals surface area (Å²) in [7, 11) is 0. The lowest BCUT2D eigenvalue weighted by atomic mass is 10.1. The zero-order valence-electron chi connectivity index (χ0n) is 13.7. The lowest BCUT2D eigenvalue weighted by Gasteiger charge is -2.21. The molecule has 2 aromatic rings. The van der Waals surface area contributed by atoms with Gasteiger partial charge in [-0.3, -0.25) is 0 Å². The number of anilines is 2. The number of benzene rings is 1. The highest BCUT2D eigenvalue weighted by atomic mass is 15.3. The molecule has 0 aliphatic heterocycles. The van der Waals surface area contributed by atoms with E-state index in [9.17, 15) is 0 Å². The summed E-state index contributed by atoms with van der Waals surface area (Å²) in [5, 5.41) is 11.6. The van der Waals surface area contributed by atoms with Crippen LogP contribution in [-0.2, 0) is 6.54 Å². The molecule has 0 saturated heterocycles. The maximum Gasteiger partial charge on any atom is 0.247 e. The largest absolute Gasteiger partial charge is 0.365 e. The SMILES string of the molecule is CCCN(CCC)c1nncc(NCc2ccccc2C)n1. The van der Waals surface area contributed by atoms with E-state index in [1.54, 1.807) is 6.20 Å². The number of nitrogens with zero attached hydrogens (tertiary/aromatic N) is 4. The standard InChI is InChI=1S/C17H25N5/c1-4-10-22(11-5-2)17-20-16(13-19-21-17)18-12-15-9-7-6-8-14(15)3/h6-9,13H,4-5,10-12H2,1-3H3,(H,18,20,21). The van der Waals surface area contributed by atoms with E-state index in [1.165, 1.54) is 11.1 Å². The van der Waals surface area contributed by atoms with Crippen LogP contribution in [0.4, 0.5) is 11.8 Å². The lowest BCUT2D eigenvalue weighted by Crippen LogP contribution is -2.27. The smallest absolute Gasteiger partial charge is 0.247 e. The third-order valence-corrected chi connectivity index (χ3v) is 3.54. The van der Waals surface area contributed by atoms with Crippen molar-refractivity contribution in [2.24, 2.45) is 0 Å². The maximum absolute atomic E-state index is 4.60. The summed E-state index contributed by atoms with van der Waals surface area (Å²) in [6.07, 6.45) is 3.83. The van der Waals surface area contributed by atoms with Gasteiger partial charge in [0.15, 0.2) is 5.82 Å². The molecule has 22 heavy (non-hydrogen) atoms. The van der Waals surface area contributed by atoms with E-state index in [0.29, 0.717) is 5.95 Å². The molecule has 0 saturated carbocycles. The summed E-state index contributed by atoms with van der Waals surface area (Å²) in [5.74, 6) is 1.48. The number of hydrogen-bond donors (Lipinski definition) is 1. The predicted molar refractivity (Wildman–Crippen MR) is 91.1 cm³/mol. The molecule has 5 nitrogen and oxygen atoms in total. The summed E-state index contributed by atoms with van der Waals surface area (Å²) < 4.78 is 0. The lowest BCUT2D eigenvalue weighted by molar-refractivity contribution is 0.710. The molecule has 1 N–H and O–H groups in total. The molecule has 0 bridgehead atoms. The normalized spacial score (nSPS) is 10.5. The van der Waals surface area contributed by atoms with Crippen LogP contribution in [0, 0.1) is 6.92 Å². The van der Waals surface area contributed by atoms with Crippen molar-refractivity contribution < 1.29 is 0 Å². The van der Waals surface area contributed by atoms with Gasteiger partial charge in [0.25, 0.3) is 0 Å². The van der Waals surface area contributed by atoms with Gasteiger partial charge in [-0.2, -0.15) is 10.1 Å². The third-order valence-electron chi connectivity index (χ3n) is 3.54. The second-order valence-corrected chi connectivity index (χ2v) is 5.41. The Bertz CT molecular complexity index is 579. The minimum absolute atomic E-state index is 0.707. The average molecular weight is 299 g/mol. The second-order valence-electron chi connectivity index (χ2n) is 5.41. The summed E-state index contributed by atoms with van der Waals surface area (Å²) in [6.45, 7) is 9.09. The van der Waals surface area contributed by atoms with Gasteiger partial charge in [-0.25, -0.2) is 0 Å². The first-order valence-corrected chi connectivity index (χ1v) is 7.97. The highest BCUT2D eigenvalue weighted by molar-refractivity contribution is 5.40. The Balaban J connectivity index is 2.06. The van der Waals surface area contributed by atoms with Gasteiger partial charge in [-0.15, -0.1) is 5.10 Å². The maximum atomic E-state index is 4.60. The van der Waals surface area contributed by atoms with E-state index in [2.05, 4.69) is 70.4 Å². The Morgan fingerprint density at radius 2 is 1.82 bits per heavy atom. The fourth-order valence-electron chi connectivity index (χ4n) is 2.36. The topological polar surface area (TPSA) is 53.9 Å². The van der Waals surface area contributed by atoms with Crippen LogP contribution in [0.3, 0.4) is 0 Å². The van der Waals surface area contributed by atoms with Crippen molar-refractivity contribution in [3.05, 3.63) is 41.6 Å². The molecule has 0 aliphatic rings. The van der Waals surface area contributed by atoms with Crippen molar-refractivity contribution in [1.29, 1.82) is 0 Å². The predicted octanol–water partition coefficient (Wildman–Crippen LogP) is 3.42. The van der Waals surface area contributed by atoms with E-state index >= 15 is 0 Å². The van der Waals surface area contributed by atoms with E-state index in [1.807, 2.05) is 0 Å². The van der Waals surface area contributed by atoms with Gasteiger partial charge in [0.1, 0.15) is 0 Å². The van der Waals surface area contributed by atoms with Crippen molar-refractivity contribution in [2.45, 2.75) is 40.2 Å². The zero-order chi connectivity index (χ0) is 15.8. The Kier molecular flexibility index (Phi) is 6.13. The molecule has 5 heteroatoms. The molecular formula is C17H25N5. The fourth-order valence-corrected chi connectivity index (χ4v) is 2.36. The van der Waals surface area contributed by atoms with Crippen molar-refractivity contribution in [1.82, 2.24) is 15.2 Å². The Morgan fingerprint density at radius 1 is 1.09 bits per heavy atom. The van der Waals surface area contributed by atoms with E-state index < -0.39 is 0 Å². The van der Waals surface area contributed by atoms with Gasteiger partial charge in [-0.05, 0) is 30.9 Å². The molecule has 118 valence electrons. The van der Waals surface area contributed by atoms with E-state index in [0.717, 1.165) is 38.3 Å². The molecular weight excluding hydrogens is 274 g/mol. The van der Waals surface area contributed by atoms with Gasteiger partial charge in [-0.1, -0.05) is 38.1 Å². The molecule has 0 radical (unpaired) electrons. The number of nitrogens with one attached hydrogen (secondary N) is 1. The molecule has 0 unspecified atom stereocenters. The molecule has 1 aromatic carbocycles. The quantitative estimate of drug-likeness (QED) is 0.809. The van der Waals surface area contributed by atoms with Crippen molar-refractivity contribution >= 4 is 11.8 Å². The van der Waals surface area contributed by atoms with Gasteiger partial charge in [0.05, 0.1) is 6.20 Å². The van der Waals surface area contributed by atoms with Crippen molar-refractivity contribution in [3.8, 4) is 0 Å². The van der Waals surface area contributed by atoms with Crippen LogP contribution >= 0.6 is 0 Å². The summed E-state index contributed by atoms with van der Waals surface area (Å²) in [4.78, 5) is 6.78. The van der Waals surface area contributed by atoms with Gasteiger partial charge in [0, 0.05) is 19.6 Å². The highest BCUT2D eigenvalue weighted by Crippen LogP contribution is 2.13. The second kappa shape index (κ2) is 8.32. The van der Waals surface area contributed by atoms with Crippen molar-refractivity contribution in [2.75, 3.05) is 23.3 Å². The molecule has 1 heterocycles. The van der Waals surface area contributed by atoms with Crippen LogP contribution < -0.4 is 10.2 Å². The monoisotopic (exact) mass is 299 g/mol. The third kappa shape index (κ3) is 4.41. The molecule has 0 spiro atoms. The fraction of sp³-hybridized carbons (Fsp3) is 0.471. The molecule has 0 fully saturated rings. The van der Waals surface area contributed by atoms with Crippen LogP contribution in [0.1, 0.15) is 37.8 Å². The molecule has 0 aliphatic carbocycles. The van der Waals surface area contributed by atoms with Crippen molar-refractivity contribution in [3.63, 3.8) is 0 Å². The first-order chi connectivity index (χ1) is 10.7. The van der Waals surface area contributed by atoms with Crippen LogP contribution in [-0.4, -0.2) is 28.3 Å². The summed E-state index contributed by atoms with van der Waals surface area (Å²) in [5.41, 5.74) is 2.54. The van der Waals surface area contributed by atoms with Gasteiger partial charge < -0.3 is 10.2 Å².